The predicted molar refractivity (Wildman–Crippen MR) is 76.0 cm³/mol. The van der Waals surface area contributed by atoms with E-state index in [1.165, 1.54) is 31.7 Å². The van der Waals surface area contributed by atoms with Crippen LogP contribution in [0.2, 0.25) is 0 Å². The molecule has 0 saturated heterocycles. The number of nitrogens with one attached hydrogen (secondary N) is 1. The lowest BCUT2D eigenvalue weighted by Gasteiger charge is -2.22. The van der Waals surface area contributed by atoms with E-state index < -0.39 is 0 Å². The molecule has 0 amide bonds. The van der Waals surface area contributed by atoms with Gasteiger partial charge in [0.15, 0.2) is 0 Å². The van der Waals surface area contributed by atoms with Crippen molar-refractivity contribution < 1.29 is 9.13 Å². The topological polar surface area (TPSA) is 21.3 Å². The molecule has 1 aliphatic rings. The number of rotatable bonds is 4. The van der Waals surface area contributed by atoms with E-state index in [0.29, 0.717) is 11.3 Å². The molecule has 1 saturated carbocycles. The average molecular weight is 265 g/mol. The van der Waals surface area contributed by atoms with E-state index in [9.17, 15) is 4.39 Å². The summed E-state index contributed by atoms with van der Waals surface area (Å²) in [6, 6.07) is 5.08. The zero-order valence-corrected chi connectivity index (χ0v) is 11.9. The first-order chi connectivity index (χ1) is 9.22. The van der Waals surface area contributed by atoms with Gasteiger partial charge in [0, 0.05) is 11.6 Å². The third-order valence-electron chi connectivity index (χ3n) is 3.97. The van der Waals surface area contributed by atoms with E-state index in [4.69, 9.17) is 4.74 Å². The maximum atomic E-state index is 14.0. The van der Waals surface area contributed by atoms with Gasteiger partial charge in [0.05, 0.1) is 6.10 Å². The molecule has 1 aromatic rings. The average Bonchev–Trinajstić information content (AvgIpc) is 2.67. The fourth-order valence-corrected chi connectivity index (χ4v) is 2.72. The van der Waals surface area contributed by atoms with Crippen LogP contribution < -0.4 is 10.1 Å². The summed E-state index contributed by atoms with van der Waals surface area (Å²) in [5, 5.41) is 3.09. The van der Waals surface area contributed by atoms with Crippen LogP contribution in [0, 0.1) is 5.82 Å². The number of hydrogen-bond acceptors (Lipinski definition) is 2. The molecule has 19 heavy (non-hydrogen) atoms. The molecule has 1 atom stereocenters. The SMILES string of the molecule is CNC(C)c1c(F)cccc1OC1CCCCCC1. The van der Waals surface area contributed by atoms with Crippen LogP contribution in [0.25, 0.3) is 0 Å². The standard InChI is InChI=1S/C16H24FNO/c1-12(18-2)16-14(17)10-7-11-15(16)19-13-8-5-3-4-6-9-13/h7,10-13,18H,3-6,8-9H2,1-2H3. The van der Waals surface area contributed by atoms with Crippen molar-refractivity contribution in [2.45, 2.75) is 57.6 Å². The summed E-state index contributed by atoms with van der Waals surface area (Å²) in [6.45, 7) is 1.96. The molecule has 1 N–H and O–H groups in total. The Hall–Kier alpha value is -1.09. The van der Waals surface area contributed by atoms with E-state index in [-0.39, 0.29) is 18.0 Å². The highest BCUT2D eigenvalue weighted by atomic mass is 19.1. The molecule has 1 unspecified atom stereocenters. The minimum atomic E-state index is -0.187. The first-order valence-electron chi connectivity index (χ1n) is 7.34. The Kier molecular flexibility index (Phi) is 5.20. The van der Waals surface area contributed by atoms with Crippen LogP contribution >= 0.6 is 0 Å². The summed E-state index contributed by atoms with van der Waals surface area (Å²) in [5.74, 6) is 0.515. The second-order valence-corrected chi connectivity index (χ2v) is 5.39. The molecule has 0 spiro atoms. The number of hydrogen-bond donors (Lipinski definition) is 1. The second kappa shape index (κ2) is 6.90. The number of ether oxygens (including phenoxy) is 1. The van der Waals surface area contributed by atoms with E-state index in [1.807, 2.05) is 20.0 Å². The first kappa shape index (κ1) is 14.3. The second-order valence-electron chi connectivity index (χ2n) is 5.39. The molecule has 106 valence electrons. The van der Waals surface area contributed by atoms with Crippen molar-refractivity contribution in [2.24, 2.45) is 0 Å². The highest BCUT2D eigenvalue weighted by molar-refractivity contribution is 5.37. The van der Waals surface area contributed by atoms with E-state index in [2.05, 4.69) is 5.32 Å². The molecule has 3 heteroatoms. The van der Waals surface area contributed by atoms with Crippen LogP contribution in [-0.2, 0) is 0 Å². The van der Waals surface area contributed by atoms with Gasteiger partial charge in [-0.15, -0.1) is 0 Å². The predicted octanol–water partition coefficient (Wildman–Crippen LogP) is 4.21. The number of benzene rings is 1. The summed E-state index contributed by atoms with van der Waals surface area (Å²) < 4.78 is 20.1. The molecule has 0 heterocycles. The van der Waals surface area contributed by atoms with Crippen molar-refractivity contribution in [2.75, 3.05) is 7.05 Å². The van der Waals surface area contributed by atoms with Gasteiger partial charge in [-0.2, -0.15) is 0 Å². The van der Waals surface area contributed by atoms with Gasteiger partial charge in [0.2, 0.25) is 0 Å². The molecule has 1 aromatic carbocycles. The Morgan fingerprint density at radius 3 is 2.53 bits per heavy atom. The van der Waals surface area contributed by atoms with Crippen molar-refractivity contribution >= 4 is 0 Å². The van der Waals surface area contributed by atoms with Gasteiger partial charge >= 0.3 is 0 Å². The van der Waals surface area contributed by atoms with Gasteiger partial charge in [0.25, 0.3) is 0 Å². The van der Waals surface area contributed by atoms with Crippen molar-refractivity contribution in [1.29, 1.82) is 0 Å². The molecular formula is C16H24FNO. The maximum absolute atomic E-state index is 14.0. The molecule has 2 nitrogen and oxygen atoms in total. The van der Waals surface area contributed by atoms with Gasteiger partial charge in [-0.1, -0.05) is 18.9 Å². The summed E-state index contributed by atoms with van der Waals surface area (Å²) in [4.78, 5) is 0. The third-order valence-corrected chi connectivity index (χ3v) is 3.97. The van der Waals surface area contributed by atoms with E-state index in [0.717, 1.165) is 12.8 Å². The van der Waals surface area contributed by atoms with Crippen LogP contribution in [0.4, 0.5) is 4.39 Å². The first-order valence-corrected chi connectivity index (χ1v) is 7.34. The minimum Gasteiger partial charge on any atom is -0.490 e. The van der Waals surface area contributed by atoms with Gasteiger partial charge in [-0.05, 0) is 51.8 Å². The zero-order valence-electron chi connectivity index (χ0n) is 11.9. The third kappa shape index (κ3) is 3.69. The molecule has 1 aliphatic carbocycles. The van der Waals surface area contributed by atoms with Crippen LogP contribution in [0.15, 0.2) is 18.2 Å². The Bertz CT molecular complexity index is 400. The molecule has 2 rings (SSSR count). The molecular weight excluding hydrogens is 241 g/mol. The molecule has 0 aromatic heterocycles. The van der Waals surface area contributed by atoms with Crippen LogP contribution in [-0.4, -0.2) is 13.2 Å². The van der Waals surface area contributed by atoms with Gasteiger partial charge < -0.3 is 10.1 Å². The highest BCUT2D eigenvalue weighted by Crippen LogP contribution is 2.30. The molecule has 0 bridgehead atoms. The minimum absolute atomic E-state index is 0.0398. The lowest BCUT2D eigenvalue weighted by Crippen LogP contribution is -2.20. The summed E-state index contributed by atoms with van der Waals surface area (Å²) in [5.41, 5.74) is 0.647. The molecule has 0 radical (unpaired) electrons. The maximum Gasteiger partial charge on any atom is 0.131 e. The lowest BCUT2D eigenvalue weighted by molar-refractivity contribution is 0.180. The van der Waals surface area contributed by atoms with Crippen LogP contribution in [0.5, 0.6) is 5.75 Å². The van der Waals surface area contributed by atoms with Crippen molar-refractivity contribution in [3.8, 4) is 5.75 Å². The highest BCUT2D eigenvalue weighted by Gasteiger charge is 2.19. The Balaban J connectivity index is 2.16. The zero-order chi connectivity index (χ0) is 13.7. The van der Waals surface area contributed by atoms with Crippen molar-refractivity contribution in [3.63, 3.8) is 0 Å². The van der Waals surface area contributed by atoms with Crippen molar-refractivity contribution in [1.82, 2.24) is 5.32 Å². The smallest absolute Gasteiger partial charge is 0.131 e. The van der Waals surface area contributed by atoms with Gasteiger partial charge in [-0.3, -0.25) is 0 Å². The Morgan fingerprint density at radius 2 is 1.89 bits per heavy atom. The fraction of sp³-hybridized carbons (Fsp3) is 0.625. The quantitative estimate of drug-likeness (QED) is 0.823. The van der Waals surface area contributed by atoms with Crippen LogP contribution in [0.1, 0.15) is 57.1 Å². The van der Waals surface area contributed by atoms with Crippen molar-refractivity contribution in [3.05, 3.63) is 29.6 Å². The lowest BCUT2D eigenvalue weighted by atomic mass is 10.1. The summed E-state index contributed by atoms with van der Waals surface area (Å²) in [7, 11) is 1.84. The normalized spacial score (nSPS) is 18.9. The number of halogens is 1. The monoisotopic (exact) mass is 265 g/mol. The summed E-state index contributed by atoms with van der Waals surface area (Å²) >= 11 is 0. The Labute approximate surface area is 115 Å². The fourth-order valence-electron chi connectivity index (χ4n) is 2.72. The van der Waals surface area contributed by atoms with Gasteiger partial charge in [-0.25, -0.2) is 4.39 Å². The Morgan fingerprint density at radius 1 is 1.21 bits per heavy atom. The summed E-state index contributed by atoms with van der Waals surface area (Å²) in [6.07, 6.45) is 7.44. The molecule has 1 fully saturated rings. The van der Waals surface area contributed by atoms with E-state index >= 15 is 0 Å². The van der Waals surface area contributed by atoms with Crippen LogP contribution in [0.3, 0.4) is 0 Å². The largest absolute Gasteiger partial charge is 0.490 e. The van der Waals surface area contributed by atoms with E-state index in [1.54, 1.807) is 6.07 Å². The molecule has 0 aliphatic heterocycles. The van der Waals surface area contributed by atoms with Gasteiger partial charge in [0.1, 0.15) is 11.6 Å².